The summed E-state index contributed by atoms with van der Waals surface area (Å²) in [4.78, 5) is 28.8. The maximum Gasteiger partial charge on any atom is 0.240 e. The average Bonchev–Trinajstić information content (AvgIpc) is 3.47. The lowest BCUT2D eigenvalue weighted by Crippen LogP contribution is -2.50. The van der Waals surface area contributed by atoms with Crippen molar-refractivity contribution >= 4 is 48.6 Å². The zero-order valence-corrected chi connectivity index (χ0v) is 22.6. The number of aliphatic hydroxyl groups is 1. The number of benzene rings is 1. The first-order chi connectivity index (χ1) is 16.3. The van der Waals surface area contributed by atoms with Crippen molar-refractivity contribution in [2.24, 2.45) is 11.8 Å². The van der Waals surface area contributed by atoms with Gasteiger partial charge in [0.2, 0.25) is 11.8 Å². The molecule has 5 rings (SSSR count). The maximum absolute atomic E-state index is 13.9. The Bertz CT molecular complexity index is 1280. The van der Waals surface area contributed by atoms with Crippen molar-refractivity contribution in [2.45, 2.75) is 76.0 Å². The highest BCUT2D eigenvalue weighted by Crippen LogP contribution is 2.62. The first-order valence-corrected chi connectivity index (χ1v) is 15.5. The van der Waals surface area contributed by atoms with Crippen LogP contribution >= 0.6 is 11.7 Å². The molecule has 1 aromatic heterocycles. The van der Waals surface area contributed by atoms with Crippen LogP contribution in [0.5, 0.6) is 0 Å². The van der Waals surface area contributed by atoms with Crippen LogP contribution in [0.3, 0.4) is 0 Å². The third-order valence-corrected chi connectivity index (χ3v) is 13.7. The lowest BCUT2D eigenvalue weighted by atomic mass is 9.66. The molecule has 5 atom stereocenters. The molecule has 35 heavy (non-hydrogen) atoms. The zero-order chi connectivity index (χ0) is 25.6. The molecule has 0 spiro atoms. The van der Waals surface area contributed by atoms with E-state index in [1.54, 1.807) is 19.1 Å². The number of imide groups is 1. The Hall–Kier alpha value is -2.23. The van der Waals surface area contributed by atoms with E-state index in [-0.39, 0.29) is 17.4 Å². The molecule has 3 fully saturated rings. The Morgan fingerprint density at radius 2 is 1.91 bits per heavy atom. The van der Waals surface area contributed by atoms with Gasteiger partial charge in [-0.2, -0.15) is 14.0 Å². The monoisotopic (exact) mass is 514 g/mol. The number of rotatable bonds is 5. The van der Waals surface area contributed by atoms with E-state index < -0.39 is 43.4 Å². The van der Waals surface area contributed by atoms with E-state index >= 15 is 0 Å². The Morgan fingerprint density at radius 3 is 2.57 bits per heavy atom. The van der Waals surface area contributed by atoms with Gasteiger partial charge in [-0.1, -0.05) is 20.8 Å². The van der Waals surface area contributed by atoms with E-state index in [1.807, 2.05) is 0 Å². The first-order valence-electron chi connectivity index (χ1n) is 11.8. The Kier molecular flexibility index (Phi) is 5.33. The van der Waals surface area contributed by atoms with E-state index in [2.05, 4.69) is 48.7 Å². The van der Waals surface area contributed by atoms with E-state index in [4.69, 9.17) is 9.16 Å². The normalized spacial score (nSPS) is 32.5. The number of ether oxygens (including phenoxy) is 1. The molecule has 2 amide bonds. The van der Waals surface area contributed by atoms with Crippen molar-refractivity contribution in [3.05, 3.63) is 17.7 Å². The molecule has 3 aliphatic heterocycles. The van der Waals surface area contributed by atoms with Gasteiger partial charge in [-0.05, 0) is 43.6 Å². The molecule has 11 heteroatoms. The molecule has 0 aliphatic carbocycles. The summed E-state index contributed by atoms with van der Waals surface area (Å²) in [6.45, 7) is 12.9. The number of aliphatic hydroxyl groups excluding tert-OH is 1. The van der Waals surface area contributed by atoms with Crippen LogP contribution < -0.4 is 4.90 Å². The molecule has 9 nitrogen and oxygen atoms in total. The third kappa shape index (κ3) is 3.27. The highest BCUT2D eigenvalue weighted by atomic mass is 32.1. The topological polar surface area (TPSA) is 126 Å². The number of carbonyl (C=O) groups is 2. The highest BCUT2D eigenvalue weighted by molar-refractivity contribution is 7.00. The SMILES string of the molecule is CC12OC(CCO[Si](C)(C)C(C)(C)C)(CC1O)C1C(=O)N(c3ccc(C#N)c4nsnc34)C(=O)C12. The van der Waals surface area contributed by atoms with Crippen molar-refractivity contribution in [2.75, 3.05) is 11.5 Å². The second-order valence-electron chi connectivity index (χ2n) is 11.6. The second-order valence-corrected chi connectivity index (χ2v) is 16.9. The van der Waals surface area contributed by atoms with Crippen molar-refractivity contribution in [1.82, 2.24) is 8.75 Å². The minimum absolute atomic E-state index is 0.0336. The van der Waals surface area contributed by atoms with Crippen molar-refractivity contribution in [3.8, 4) is 6.07 Å². The summed E-state index contributed by atoms with van der Waals surface area (Å²) in [5, 5.41) is 20.4. The van der Waals surface area contributed by atoms with Gasteiger partial charge < -0.3 is 14.3 Å². The largest absolute Gasteiger partial charge is 0.417 e. The van der Waals surface area contributed by atoms with Crippen LogP contribution in [0.25, 0.3) is 11.0 Å². The van der Waals surface area contributed by atoms with Gasteiger partial charge in [0.1, 0.15) is 22.7 Å². The number of anilines is 1. The van der Waals surface area contributed by atoms with E-state index in [1.165, 1.54) is 4.90 Å². The Balaban J connectivity index is 1.50. The van der Waals surface area contributed by atoms with Crippen LogP contribution in [0.4, 0.5) is 5.69 Å². The number of aromatic nitrogens is 2. The molecule has 3 aliphatic rings. The van der Waals surface area contributed by atoms with Gasteiger partial charge >= 0.3 is 0 Å². The minimum atomic E-state index is -2.03. The van der Waals surface area contributed by atoms with Crippen LogP contribution in [-0.4, -0.2) is 57.9 Å². The van der Waals surface area contributed by atoms with Crippen LogP contribution in [0.15, 0.2) is 12.1 Å². The summed E-state index contributed by atoms with van der Waals surface area (Å²) in [5.74, 6) is -2.29. The molecular weight excluding hydrogens is 484 g/mol. The molecule has 5 unspecified atom stereocenters. The molecule has 0 radical (unpaired) electrons. The first kappa shape index (κ1) is 24.5. The van der Waals surface area contributed by atoms with Crippen LogP contribution in [-0.2, 0) is 18.8 Å². The number of hydrogen-bond donors (Lipinski definition) is 1. The van der Waals surface area contributed by atoms with Crippen LogP contribution in [0.1, 0.15) is 46.1 Å². The smallest absolute Gasteiger partial charge is 0.240 e. The van der Waals surface area contributed by atoms with Gasteiger partial charge in [0.15, 0.2) is 8.32 Å². The Morgan fingerprint density at radius 1 is 1.26 bits per heavy atom. The minimum Gasteiger partial charge on any atom is -0.417 e. The van der Waals surface area contributed by atoms with Gasteiger partial charge in [0.25, 0.3) is 0 Å². The number of nitriles is 1. The van der Waals surface area contributed by atoms with Crippen molar-refractivity contribution < 1.29 is 23.9 Å². The molecule has 3 saturated heterocycles. The second kappa shape index (κ2) is 7.63. The predicted octanol–water partition coefficient (Wildman–Crippen LogP) is 3.37. The predicted molar refractivity (Wildman–Crippen MR) is 132 cm³/mol. The molecule has 4 heterocycles. The van der Waals surface area contributed by atoms with Crippen molar-refractivity contribution in [1.29, 1.82) is 5.26 Å². The van der Waals surface area contributed by atoms with Gasteiger partial charge in [0, 0.05) is 13.0 Å². The van der Waals surface area contributed by atoms with Gasteiger partial charge in [-0.3, -0.25) is 9.59 Å². The molecule has 1 N–H and O–H groups in total. The number of hydrogen-bond acceptors (Lipinski definition) is 9. The van der Waals surface area contributed by atoms with E-state index in [0.717, 1.165) is 11.7 Å². The molecule has 2 bridgehead atoms. The average molecular weight is 515 g/mol. The lowest BCUT2D eigenvalue weighted by Gasteiger charge is -2.38. The molecule has 0 saturated carbocycles. The molecule has 1 aromatic carbocycles. The summed E-state index contributed by atoms with van der Waals surface area (Å²) in [7, 11) is -2.03. The number of nitrogens with zero attached hydrogens (tertiary/aromatic N) is 4. The summed E-state index contributed by atoms with van der Waals surface area (Å²) in [5.41, 5.74) is -0.756. The summed E-state index contributed by atoms with van der Waals surface area (Å²) in [6, 6.07) is 5.21. The maximum atomic E-state index is 13.9. The number of fused-ring (bicyclic) bond motifs is 6. The van der Waals surface area contributed by atoms with Crippen LogP contribution in [0, 0.1) is 23.2 Å². The molecular formula is C24H30N4O5SSi. The third-order valence-electron chi connectivity index (χ3n) is 8.66. The van der Waals surface area contributed by atoms with Crippen LogP contribution in [0.2, 0.25) is 18.1 Å². The van der Waals surface area contributed by atoms with Gasteiger partial charge in [-0.15, -0.1) is 0 Å². The van der Waals surface area contributed by atoms with E-state index in [9.17, 15) is 20.0 Å². The zero-order valence-electron chi connectivity index (χ0n) is 20.8. The number of carbonyl (C=O) groups excluding carboxylic acids is 2. The van der Waals surface area contributed by atoms with Gasteiger partial charge in [0.05, 0.1) is 46.5 Å². The summed E-state index contributed by atoms with van der Waals surface area (Å²) in [6.07, 6.45) is -0.170. The summed E-state index contributed by atoms with van der Waals surface area (Å²) >= 11 is 0.929. The fourth-order valence-corrected chi connectivity index (χ4v) is 7.30. The number of amides is 2. The standard InChI is InChI=1S/C24H30N4O5SSi/c1-22(2,3)35(5,6)32-10-9-24-11-15(29)23(4,33-24)16-17(24)21(31)28(20(16)30)14-8-7-13(12-25)18-19(14)27-34-26-18/h7-8,15-17,29H,9-11H2,1-6H3. The lowest BCUT2D eigenvalue weighted by molar-refractivity contribution is -0.134. The fourth-order valence-electron chi connectivity index (χ4n) is 5.68. The summed E-state index contributed by atoms with van der Waals surface area (Å²) < 4.78 is 21.3. The highest BCUT2D eigenvalue weighted by Gasteiger charge is 2.77. The molecule has 2 aromatic rings. The Labute approximate surface area is 209 Å². The fraction of sp³-hybridized carbons (Fsp3) is 0.625. The van der Waals surface area contributed by atoms with Gasteiger partial charge in [-0.25, -0.2) is 4.90 Å². The molecule has 186 valence electrons. The van der Waals surface area contributed by atoms with Crippen molar-refractivity contribution in [3.63, 3.8) is 0 Å². The van der Waals surface area contributed by atoms with E-state index in [0.29, 0.717) is 35.3 Å². The quantitative estimate of drug-likeness (QED) is 0.475.